The number of amides is 1. The van der Waals surface area contributed by atoms with Gasteiger partial charge in [0.1, 0.15) is 11.4 Å². The van der Waals surface area contributed by atoms with Gasteiger partial charge in [0.2, 0.25) is 0 Å². The molecule has 1 unspecified atom stereocenters. The lowest BCUT2D eigenvalue weighted by Crippen LogP contribution is -2.50. The number of aliphatic hydroxyl groups excluding tert-OH is 1. The molecule has 0 fully saturated rings. The van der Waals surface area contributed by atoms with E-state index in [4.69, 9.17) is 15.2 Å². The molecule has 34 heavy (non-hydrogen) atoms. The Hall–Kier alpha value is -4.58. The number of rotatable bonds is 4. The molecule has 1 atom stereocenters. The monoisotopic (exact) mass is 459 g/mol. The first kappa shape index (κ1) is 22.6. The largest absolute Gasteiger partial charge is 0.481 e. The molecule has 1 amide bonds. The smallest absolute Gasteiger partial charge is 0.339 e. The van der Waals surface area contributed by atoms with Crippen LogP contribution in [0.4, 0.5) is 5.69 Å². The van der Waals surface area contributed by atoms with Crippen molar-refractivity contribution >= 4 is 23.3 Å². The first-order valence-electron chi connectivity index (χ1n) is 10.4. The summed E-state index contributed by atoms with van der Waals surface area (Å²) in [4.78, 5) is 40.3. The van der Waals surface area contributed by atoms with Crippen molar-refractivity contribution in [2.75, 3.05) is 18.6 Å². The molecule has 172 valence electrons. The van der Waals surface area contributed by atoms with Crippen molar-refractivity contribution in [1.29, 1.82) is 5.26 Å². The van der Waals surface area contributed by atoms with E-state index >= 15 is 0 Å². The first-order valence-corrected chi connectivity index (χ1v) is 10.4. The number of carbonyl (C=O) groups excluding carboxylic acids is 3. The Morgan fingerprint density at radius 3 is 2.56 bits per heavy atom. The molecule has 1 spiro atoms. The minimum absolute atomic E-state index is 0.0210. The van der Waals surface area contributed by atoms with E-state index in [0.717, 1.165) is 4.90 Å². The number of aliphatic hydroxyl groups is 1. The lowest BCUT2D eigenvalue weighted by atomic mass is 9.67. The van der Waals surface area contributed by atoms with Gasteiger partial charge in [-0.1, -0.05) is 36.4 Å². The molecular formula is C25H21N3O6. The minimum atomic E-state index is -1.64. The molecule has 0 bridgehead atoms. The average Bonchev–Trinajstić information content (AvgIpc) is 3.12. The van der Waals surface area contributed by atoms with E-state index in [1.54, 1.807) is 43.3 Å². The topological polar surface area (TPSA) is 143 Å². The molecule has 9 heteroatoms. The number of ether oxygens (including phenoxy) is 2. The number of esters is 1. The second-order valence-corrected chi connectivity index (χ2v) is 7.69. The van der Waals surface area contributed by atoms with E-state index in [9.17, 15) is 24.8 Å². The van der Waals surface area contributed by atoms with Crippen LogP contribution in [0.25, 0.3) is 0 Å². The van der Waals surface area contributed by atoms with Crippen LogP contribution in [0.3, 0.4) is 0 Å². The number of nitrogens with zero attached hydrogens (tertiary/aromatic N) is 2. The maximum absolute atomic E-state index is 14.0. The molecule has 0 saturated heterocycles. The normalized spacial score (nSPS) is 20.8. The molecule has 0 radical (unpaired) electrons. The van der Waals surface area contributed by atoms with Crippen LogP contribution in [0.2, 0.25) is 0 Å². The Labute approximate surface area is 195 Å². The van der Waals surface area contributed by atoms with Gasteiger partial charge in [0.05, 0.1) is 42.0 Å². The highest BCUT2D eigenvalue weighted by atomic mass is 16.6. The third-order valence-electron chi connectivity index (χ3n) is 6.04. The fraction of sp³-hybridized carbons (Fsp3) is 0.200. The fourth-order valence-corrected chi connectivity index (χ4v) is 4.66. The van der Waals surface area contributed by atoms with E-state index in [0.29, 0.717) is 11.1 Å². The predicted molar refractivity (Wildman–Crippen MR) is 120 cm³/mol. The number of benzene rings is 2. The van der Waals surface area contributed by atoms with Gasteiger partial charge in [-0.25, -0.2) is 4.79 Å². The highest BCUT2D eigenvalue weighted by molar-refractivity contribution is 6.17. The van der Waals surface area contributed by atoms with Gasteiger partial charge in [-0.05, 0) is 24.6 Å². The summed E-state index contributed by atoms with van der Waals surface area (Å²) >= 11 is 0. The van der Waals surface area contributed by atoms with Gasteiger partial charge in [0.25, 0.3) is 11.9 Å². The number of anilines is 1. The van der Waals surface area contributed by atoms with Crippen molar-refractivity contribution in [3.8, 4) is 6.07 Å². The van der Waals surface area contributed by atoms with Crippen molar-refractivity contribution in [3.05, 3.63) is 88.1 Å². The van der Waals surface area contributed by atoms with Crippen molar-refractivity contribution in [1.82, 2.24) is 0 Å². The van der Waals surface area contributed by atoms with Gasteiger partial charge in [-0.3, -0.25) is 14.5 Å². The van der Waals surface area contributed by atoms with E-state index < -0.39 is 23.2 Å². The SMILES string of the molecule is CCO/C(O)=C1\C(=O)N(c2ccccc2C(=O)OC)C(N)=C(C#N)C12CC(=O)c1ccccc12. The summed E-state index contributed by atoms with van der Waals surface area (Å²) in [6.45, 7) is 1.64. The van der Waals surface area contributed by atoms with Crippen LogP contribution in [0.15, 0.2) is 71.4 Å². The van der Waals surface area contributed by atoms with Crippen LogP contribution in [-0.2, 0) is 19.7 Å². The predicted octanol–water partition coefficient (Wildman–Crippen LogP) is 2.84. The molecule has 1 heterocycles. The summed E-state index contributed by atoms with van der Waals surface area (Å²) in [5.74, 6) is -2.85. The van der Waals surface area contributed by atoms with Crippen molar-refractivity contribution in [2.45, 2.75) is 18.8 Å². The molecule has 4 rings (SSSR count). The van der Waals surface area contributed by atoms with E-state index in [1.807, 2.05) is 6.07 Å². The van der Waals surface area contributed by atoms with Crippen LogP contribution in [-0.4, -0.2) is 36.5 Å². The standard InChI is InChI=1S/C25H21N3O6/c1-3-34-24(32)20-22(30)28(18-11-7-5-9-15(18)23(31)33-2)21(27)17(13-26)25(20)12-19(29)14-8-4-6-10-16(14)25/h4-11,32H,3,12,27H2,1-2H3/b24-20+. The zero-order chi connectivity index (χ0) is 24.6. The Kier molecular flexibility index (Phi) is 5.59. The number of carbonyl (C=O) groups is 3. The Morgan fingerprint density at radius 1 is 1.21 bits per heavy atom. The molecule has 3 N–H and O–H groups in total. The molecular weight excluding hydrogens is 438 g/mol. The molecule has 1 aliphatic carbocycles. The quantitative estimate of drug-likeness (QED) is 0.404. The summed E-state index contributed by atoms with van der Waals surface area (Å²) in [5, 5.41) is 21.1. The van der Waals surface area contributed by atoms with Crippen molar-refractivity contribution in [2.24, 2.45) is 5.73 Å². The van der Waals surface area contributed by atoms with Crippen LogP contribution in [0.1, 0.15) is 39.6 Å². The van der Waals surface area contributed by atoms with Gasteiger partial charge >= 0.3 is 5.97 Å². The Balaban J connectivity index is 2.11. The van der Waals surface area contributed by atoms with Crippen LogP contribution >= 0.6 is 0 Å². The zero-order valence-corrected chi connectivity index (χ0v) is 18.5. The Morgan fingerprint density at radius 2 is 1.88 bits per heavy atom. The number of allylic oxidation sites excluding steroid dienone is 1. The maximum Gasteiger partial charge on any atom is 0.339 e. The van der Waals surface area contributed by atoms with E-state index in [2.05, 4.69) is 0 Å². The van der Waals surface area contributed by atoms with E-state index in [-0.39, 0.29) is 47.0 Å². The number of nitrogens with two attached hydrogens (primary N) is 1. The minimum Gasteiger partial charge on any atom is -0.481 e. The van der Waals surface area contributed by atoms with Gasteiger partial charge in [-0.15, -0.1) is 0 Å². The Bertz CT molecular complexity index is 1340. The highest BCUT2D eigenvalue weighted by Gasteiger charge is 2.58. The number of ketones is 1. The van der Waals surface area contributed by atoms with Gasteiger partial charge in [-0.2, -0.15) is 5.26 Å². The van der Waals surface area contributed by atoms with E-state index in [1.165, 1.54) is 19.2 Å². The van der Waals surface area contributed by atoms with Crippen LogP contribution in [0, 0.1) is 11.3 Å². The molecule has 2 aromatic rings. The number of Topliss-reactive ketones (excluding diaryl/α,β-unsaturated/α-hetero) is 1. The van der Waals surface area contributed by atoms with Crippen molar-refractivity contribution in [3.63, 3.8) is 0 Å². The summed E-state index contributed by atoms with van der Waals surface area (Å²) < 4.78 is 10.1. The lowest BCUT2D eigenvalue weighted by Gasteiger charge is -2.40. The summed E-state index contributed by atoms with van der Waals surface area (Å²) in [7, 11) is 1.19. The van der Waals surface area contributed by atoms with Gasteiger partial charge in [0, 0.05) is 12.0 Å². The molecule has 0 saturated carbocycles. The summed E-state index contributed by atoms with van der Waals surface area (Å²) in [5.41, 5.74) is 5.11. The molecule has 2 aromatic carbocycles. The molecule has 0 aromatic heterocycles. The van der Waals surface area contributed by atoms with Crippen molar-refractivity contribution < 1.29 is 29.0 Å². The fourth-order valence-electron chi connectivity index (χ4n) is 4.66. The highest BCUT2D eigenvalue weighted by Crippen LogP contribution is 2.54. The molecule has 9 nitrogen and oxygen atoms in total. The average molecular weight is 459 g/mol. The maximum atomic E-state index is 14.0. The number of hydrogen-bond donors (Lipinski definition) is 2. The zero-order valence-electron chi connectivity index (χ0n) is 18.5. The third kappa shape index (κ3) is 3.03. The van der Waals surface area contributed by atoms with Crippen LogP contribution in [0.5, 0.6) is 0 Å². The number of fused-ring (bicyclic) bond motifs is 2. The second kappa shape index (κ2) is 8.41. The number of methoxy groups -OCH3 is 1. The third-order valence-corrected chi connectivity index (χ3v) is 6.04. The summed E-state index contributed by atoms with van der Waals surface area (Å²) in [6, 6.07) is 14.7. The second-order valence-electron chi connectivity index (χ2n) is 7.69. The van der Waals surface area contributed by atoms with Crippen LogP contribution < -0.4 is 10.6 Å². The lowest BCUT2D eigenvalue weighted by molar-refractivity contribution is -0.116. The summed E-state index contributed by atoms with van der Waals surface area (Å²) in [6.07, 6.45) is -0.291. The number of nitriles is 1. The van der Waals surface area contributed by atoms with Gasteiger partial charge < -0.3 is 20.3 Å². The molecule has 2 aliphatic rings. The number of hydrogen-bond acceptors (Lipinski definition) is 8. The molecule has 1 aliphatic heterocycles. The first-order chi connectivity index (χ1) is 16.3. The van der Waals surface area contributed by atoms with Gasteiger partial charge in [0.15, 0.2) is 5.78 Å². The number of para-hydroxylation sites is 1.